The van der Waals surface area contributed by atoms with Crippen LogP contribution in [0.3, 0.4) is 0 Å². The van der Waals surface area contributed by atoms with Crippen molar-refractivity contribution >= 4 is 33.5 Å². The molecule has 1 aliphatic rings. The van der Waals surface area contributed by atoms with Gasteiger partial charge in [0.1, 0.15) is 11.2 Å². The lowest BCUT2D eigenvalue weighted by Crippen LogP contribution is -2.29. The number of nitrogens with one attached hydrogen (secondary N) is 1. The highest BCUT2D eigenvalue weighted by atomic mass is 16.3. The van der Waals surface area contributed by atoms with Crippen LogP contribution < -0.4 is 5.32 Å². The number of amides is 1. The molecule has 146 valence electrons. The number of piperidine rings is 1. The summed E-state index contributed by atoms with van der Waals surface area (Å²) in [6.45, 7) is 3.31. The quantitative estimate of drug-likeness (QED) is 0.482. The number of benzene rings is 3. The van der Waals surface area contributed by atoms with E-state index in [2.05, 4.69) is 22.3 Å². The number of carbonyl (C=O) groups is 1. The highest BCUT2D eigenvalue weighted by Crippen LogP contribution is 2.30. The van der Waals surface area contributed by atoms with Crippen LogP contribution in [0.25, 0.3) is 21.9 Å². The van der Waals surface area contributed by atoms with E-state index in [1.165, 1.54) is 37.9 Å². The van der Waals surface area contributed by atoms with E-state index in [9.17, 15) is 4.79 Å². The maximum Gasteiger partial charge on any atom is 0.255 e. The first-order valence-corrected chi connectivity index (χ1v) is 10.3. The summed E-state index contributed by atoms with van der Waals surface area (Å²) in [6, 6.07) is 21.7. The topological polar surface area (TPSA) is 45.5 Å². The second-order valence-electron chi connectivity index (χ2n) is 7.80. The Morgan fingerprint density at radius 2 is 1.62 bits per heavy atom. The van der Waals surface area contributed by atoms with Gasteiger partial charge in [-0.05, 0) is 61.8 Å². The van der Waals surface area contributed by atoms with Gasteiger partial charge in [-0.25, -0.2) is 0 Å². The Balaban J connectivity index is 1.30. The SMILES string of the molecule is O=C(Nc1ccc2c(c1)oc1ccccc12)c1ccc(CN2CCCCC2)cc1. The Labute approximate surface area is 170 Å². The molecule has 0 aliphatic carbocycles. The summed E-state index contributed by atoms with van der Waals surface area (Å²) in [5.74, 6) is -0.106. The zero-order valence-electron chi connectivity index (χ0n) is 16.4. The number of hydrogen-bond donors (Lipinski definition) is 1. The first-order chi connectivity index (χ1) is 14.3. The van der Waals surface area contributed by atoms with Crippen molar-refractivity contribution in [2.45, 2.75) is 25.8 Å². The van der Waals surface area contributed by atoms with Gasteiger partial charge in [-0.15, -0.1) is 0 Å². The summed E-state index contributed by atoms with van der Waals surface area (Å²) in [7, 11) is 0. The van der Waals surface area contributed by atoms with Gasteiger partial charge < -0.3 is 9.73 Å². The fraction of sp³-hybridized carbons (Fsp3) is 0.240. The molecule has 1 aliphatic heterocycles. The number of likely N-dealkylation sites (tertiary alicyclic amines) is 1. The van der Waals surface area contributed by atoms with Crippen LogP contribution in [0.2, 0.25) is 0 Å². The largest absolute Gasteiger partial charge is 0.456 e. The van der Waals surface area contributed by atoms with Crippen LogP contribution in [-0.4, -0.2) is 23.9 Å². The normalized spacial score (nSPS) is 15.0. The minimum absolute atomic E-state index is 0.106. The molecular formula is C25H24N2O2. The smallest absolute Gasteiger partial charge is 0.255 e. The second kappa shape index (κ2) is 7.72. The summed E-state index contributed by atoms with van der Waals surface area (Å²) in [6.07, 6.45) is 3.92. The van der Waals surface area contributed by atoms with Crippen LogP contribution >= 0.6 is 0 Å². The van der Waals surface area contributed by atoms with Gasteiger partial charge in [-0.1, -0.05) is 36.8 Å². The van der Waals surface area contributed by atoms with Crippen LogP contribution in [0.1, 0.15) is 35.2 Å². The van der Waals surface area contributed by atoms with E-state index in [-0.39, 0.29) is 5.91 Å². The van der Waals surface area contributed by atoms with Crippen molar-refractivity contribution in [3.8, 4) is 0 Å². The predicted molar refractivity (Wildman–Crippen MR) is 117 cm³/mol. The summed E-state index contributed by atoms with van der Waals surface area (Å²) in [4.78, 5) is 15.2. The molecule has 0 atom stereocenters. The molecule has 0 radical (unpaired) electrons. The average molecular weight is 384 g/mol. The molecule has 4 aromatic rings. The highest BCUT2D eigenvalue weighted by molar-refractivity contribution is 6.08. The molecule has 4 nitrogen and oxygen atoms in total. The molecular weight excluding hydrogens is 360 g/mol. The van der Waals surface area contributed by atoms with Crippen molar-refractivity contribution in [3.05, 3.63) is 77.9 Å². The molecule has 2 heterocycles. The molecule has 3 aromatic carbocycles. The molecule has 1 aromatic heterocycles. The Morgan fingerprint density at radius 1 is 0.862 bits per heavy atom. The molecule has 5 rings (SSSR count). The van der Waals surface area contributed by atoms with Crippen LogP contribution in [0.15, 0.2) is 71.1 Å². The number of hydrogen-bond acceptors (Lipinski definition) is 3. The lowest BCUT2D eigenvalue weighted by atomic mass is 10.1. The lowest BCUT2D eigenvalue weighted by Gasteiger charge is -2.26. The monoisotopic (exact) mass is 384 g/mol. The van der Waals surface area contributed by atoms with E-state index >= 15 is 0 Å². The van der Waals surface area contributed by atoms with Gasteiger partial charge in [0, 0.05) is 34.6 Å². The first kappa shape index (κ1) is 18.0. The number of carbonyl (C=O) groups excluding carboxylic acids is 1. The molecule has 1 saturated heterocycles. The fourth-order valence-electron chi connectivity index (χ4n) is 4.14. The van der Waals surface area contributed by atoms with E-state index in [0.29, 0.717) is 5.56 Å². The molecule has 4 heteroatoms. The first-order valence-electron chi connectivity index (χ1n) is 10.3. The zero-order chi connectivity index (χ0) is 19.6. The number of para-hydroxylation sites is 1. The van der Waals surface area contributed by atoms with E-state index in [0.717, 1.165) is 34.2 Å². The summed E-state index contributed by atoms with van der Waals surface area (Å²) < 4.78 is 5.91. The third-order valence-electron chi connectivity index (χ3n) is 5.71. The number of furan rings is 1. The van der Waals surface area contributed by atoms with Crippen molar-refractivity contribution in [2.24, 2.45) is 0 Å². The maximum atomic E-state index is 12.7. The Kier molecular flexibility index (Phi) is 4.78. The predicted octanol–water partition coefficient (Wildman–Crippen LogP) is 5.82. The Hall–Kier alpha value is -3.11. The van der Waals surface area contributed by atoms with Crippen LogP contribution in [0, 0.1) is 0 Å². The summed E-state index contributed by atoms with van der Waals surface area (Å²) >= 11 is 0. The van der Waals surface area contributed by atoms with Crippen LogP contribution in [0.4, 0.5) is 5.69 Å². The number of fused-ring (bicyclic) bond motifs is 3. The third-order valence-corrected chi connectivity index (χ3v) is 5.71. The van der Waals surface area contributed by atoms with Crippen molar-refractivity contribution in [1.82, 2.24) is 4.90 Å². The average Bonchev–Trinajstić information content (AvgIpc) is 3.13. The van der Waals surface area contributed by atoms with E-state index < -0.39 is 0 Å². The van der Waals surface area contributed by atoms with Crippen molar-refractivity contribution in [2.75, 3.05) is 18.4 Å². The van der Waals surface area contributed by atoms with Gasteiger partial charge in [0.05, 0.1) is 0 Å². The summed E-state index contributed by atoms with van der Waals surface area (Å²) in [5.41, 5.74) is 4.29. The van der Waals surface area contributed by atoms with Gasteiger partial charge >= 0.3 is 0 Å². The molecule has 29 heavy (non-hydrogen) atoms. The number of nitrogens with zero attached hydrogens (tertiary/aromatic N) is 1. The van der Waals surface area contributed by atoms with Crippen molar-refractivity contribution in [1.29, 1.82) is 0 Å². The number of anilines is 1. The highest BCUT2D eigenvalue weighted by Gasteiger charge is 2.12. The molecule has 0 spiro atoms. The minimum atomic E-state index is -0.106. The van der Waals surface area contributed by atoms with E-state index in [4.69, 9.17) is 4.42 Å². The molecule has 0 unspecified atom stereocenters. The second-order valence-corrected chi connectivity index (χ2v) is 7.80. The third kappa shape index (κ3) is 3.76. The Morgan fingerprint density at radius 3 is 2.45 bits per heavy atom. The van der Waals surface area contributed by atoms with Gasteiger partial charge in [-0.3, -0.25) is 9.69 Å². The Bertz CT molecular complexity index is 1150. The minimum Gasteiger partial charge on any atom is -0.456 e. The van der Waals surface area contributed by atoms with Crippen LogP contribution in [0.5, 0.6) is 0 Å². The molecule has 1 fully saturated rings. The molecule has 0 saturated carbocycles. The molecule has 1 amide bonds. The summed E-state index contributed by atoms with van der Waals surface area (Å²) in [5, 5.41) is 5.13. The van der Waals surface area contributed by atoms with E-state index in [1.54, 1.807) is 0 Å². The van der Waals surface area contributed by atoms with Gasteiger partial charge in [0.25, 0.3) is 5.91 Å². The van der Waals surface area contributed by atoms with Crippen molar-refractivity contribution in [3.63, 3.8) is 0 Å². The molecule has 0 bridgehead atoms. The molecule has 1 N–H and O–H groups in total. The maximum absolute atomic E-state index is 12.7. The standard InChI is InChI=1S/C25H24N2O2/c28-25(19-10-8-18(9-11-19)17-27-14-4-1-5-15-27)26-20-12-13-22-21-6-2-3-7-23(21)29-24(22)16-20/h2-3,6-13,16H,1,4-5,14-15,17H2,(H,26,28). The fourth-order valence-corrected chi connectivity index (χ4v) is 4.14. The zero-order valence-corrected chi connectivity index (χ0v) is 16.4. The van der Waals surface area contributed by atoms with Gasteiger partial charge in [-0.2, -0.15) is 0 Å². The van der Waals surface area contributed by atoms with Crippen molar-refractivity contribution < 1.29 is 9.21 Å². The van der Waals surface area contributed by atoms with E-state index in [1.807, 2.05) is 54.6 Å². The van der Waals surface area contributed by atoms with Gasteiger partial charge in [0.15, 0.2) is 0 Å². The van der Waals surface area contributed by atoms with Gasteiger partial charge in [0.2, 0.25) is 0 Å². The number of rotatable bonds is 4. The van der Waals surface area contributed by atoms with Crippen LogP contribution in [-0.2, 0) is 6.54 Å². The lowest BCUT2D eigenvalue weighted by molar-refractivity contribution is 0.102.